The van der Waals surface area contributed by atoms with Crippen LogP contribution in [0.15, 0.2) is 28.7 Å². The highest BCUT2D eigenvalue weighted by molar-refractivity contribution is 9.10. The monoisotopic (exact) mass is 279 g/mol. The van der Waals surface area contributed by atoms with Gasteiger partial charge in [-0.1, -0.05) is 15.9 Å². The van der Waals surface area contributed by atoms with Gasteiger partial charge in [-0.15, -0.1) is 0 Å². The molecular weight excluding hydrogens is 270 g/mol. The summed E-state index contributed by atoms with van der Waals surface area (Å²) in [4.78, 5) is 14.9. The lowest BCUT2D eigenvalue weighted by Gasteiger charge is -2.05. The Morgan fingerprint density at radius 3 is 2.88 bits per heavy atom. The fourth-order valence-electron chi connectivity index (χ4n) is 1.68. The van der Waals surface area contributed by atoms with Crippen LogP contribution in [0, 0.1) is 6.92 Å². The number of rotatable bonds is 2. The van der Waals surface area contributed by atoms with Gasteiger partial charge in [-0.3, -0.25) is 9.78 Å². The molecule has 82 valence electrons. The van der Waals surface area contributed by atoms with Crippen molar-refractivity contribution in [2.45, 2.75) is 13.3 Å². The molecule has 0 aliphatic heterocycles. The van der Waals surface area contributed by atoms with Gasteiger partial charge in [-0.2, -0.15) is 0 Å². The van der Waals surface area contributed by atoms with Gasteiger partial charge in [0.2, 0.25) is 0 Å². The lowest BCUT2D eigenvalue weighted by Crippen LogP contribution is -2.03. The summed E-state index contributed by atoms with van der Waals surface area (Å²) in [6.07, 6.45) is -0.0349. The van der Waals surface area contributed by atoms with Crippen LogP contribution in [0.3, 0.4) is 0 Å². The van der Waals surface area contributed by atoms with Crippen molar-refractivity contribution < 1.29 is 9.90 Å². The number of carboxylic acid groups (broad SMARTS) is 1. The third kappa shape index (κ3) is 2.22. The zero-order chi connectivity index (χ0) is 11.7. The first-order valence-corrected chi connectivity index (χ1v) is 5.63. The van der Waals surface area contributed by atoms with Crippen LogP contribution < -0.4 is 0 Å². The zero-order valence-corrected chi connectivity index (χ0v) is 10.3. The van der Waals surface area contributed by atoms with Crippen LogP contribution in [0.2, 0.25) is 0 Å². The number of carbonyl (C=O) groups is 1. The summed E-state index contributed by atoms with van der Waals surface area (Å²) in [5.74, 6) is -0.858. The van der Waals surface area contributed by atoms with Gasteiger partial charge in [0, 0.05) is 9.86 Å². The molecule has 0 saturated carbocycles. The molecule has 1 N–H and O–H groups in total. The molecule has 0 atom stereocenters. The summed E-state index contributed by atoms with van der Waals surface area (Å²) in [6.45, 7) is 1.96. The first-order chi connectivity index (χ1) is 7.56. The van der Waals surface area contributed by atoms with Crippen molar-refractivity contribution in [3.8, 4) is 0 Å². The predicted octanol–water partition coefficient (Wildman–Crippen LogP) is 2.93. The van der Waals surface area contributed by atoms with Gasteiger partial charge in [0.05, 0.1) is 17.6 Å². The molecule has 2 aromatic rings. The Balaban J connectivity index is 2.59. The van der Waals surface area contributed by atoms with E-state index in [1.54, 1.807) is 0 Å². The van der Waals surface area contributed by atoms with Crippen LogP contribution >= 0.6 is 15.9 Å². The Kier molecular flexibility index (Phi) is 2.92. The average molecular weight is 280 g/mol. The highest BCUT2D eigenvalue weighted by Crippen LogP contribution is 2.22. The van der Waals surface area contributed by atoms with Crippen LogP contribution in [0.4, 0.5) is 0 Å². The van der Waals surface area contributed by atoms with Crippen LogP contribution in [0.5, 0.6) is 0 Å². The molecule has 2 rings (SSSR count). The number of hydrogen-bond acceptors (Lipinski definition) is 2. The molecule has 4 heteroatoms. The molecule has 16 heavy (non-hydrogen) atoms. The minimum absolute atomic E-state index is 0.0349. The maximum Gasteiger partial charge on any atom is 0.309 e. The highest BCUT2D eigenvalue weighted by Gasteiger charge is 2.06. The lowest BCUT2D eigenvalue weighted by atomic mass is 10.1. The molecule has 1 aromatic carbocycles. The first-order valence-electron chi connectivity index (χ1n) is 4.84. The SMILES string of the molecule is Cc1cc(CC(=O)O)nc2ccc(Br)cc12. The van der Waals surface area contributed by atoms with E-state index in [0.717, 1.165) is 20.9 Å². The van der Waals surface area contributed by atoms with Crippen molar-refractivity contribution in [3.05, 3.63) is 40.0 Å². The van der Waals surface area contributed by atoms with Crippen LogP contribution in [-0.2, 0) is 11.2 Å². The standard InChI is InChI=1S/C12H10BrNO2/c1-7-4-9(6-12(15)16)14-11-3-2-8(13)5-10(7)11/h2-5H,6H2,1H3,(H,15,16). The van der Waals surface area contributed by atoms with E-state index < -0.39 is 5.97 Å². The van der Waals surface area contributed by atoms with Crippen molar-refractivity contribution in [3.63, 3.8) is 0 Å². The normalized spacial score (nSPS) is 10.6. The van der Waals surface area contributed by atoms with Crippen molar-refractivity contribution in [1.29, 1.82) is 0 Å². The maximum atomic E-state index is 10.6. The van der Waals surface area contributed by atoms with Crippen LogP contribution in [0.1, 0.15) is 11.3 Å². The summed E-state index contributed by atoms with van der Waals surface area (Å²) in [5.41, 5.74) is 2.47. The predicted molar refractivity (Wildman–Crippen MR) is 65.5 cm³/mol. The number of benzene rings is 1. The maximum absolute atomic E-state index is 10.6. The summed E-state index contributed by atoms with van der Waals surface area (Å²) in [5, 5.41) is 9.77. The average Bonchev–Trinajstić information content (AvgIpc) is 2.18. The first kappa shape index (κ1) is 11.1. The van der Waals surface area contributed by atoms with Gasteiger partial charge in [-0.05, 0) is 36.8 Å². The van der Waals surface area contributed by atoms with Crippen LogP contribution in [0.25, 0.3) is 10.9 Å². The molecule has 0 spiro atoms. The van der Waals surface area contributed by atoms with Gasteiger partial charge < -0.3 is 5.11 Å². The quantitative estimate of drug-likeness (QED) is 0.920. The van der Waals surface area contributed by atoms with E-state index in [2.05, 4.69) is 20.9 Å². The van der Waals surface area contributed by atoms with E-state index in [1.165, 1.54) is 0 Å². The molecule has 0 bridgehead atoms. The summed E-state index contributed by atoms with van der Waals surface area (Å²) >= 11 is 3.40. The summed E-state index contributed by atoms with van der Waals surface area (Å²) < 4.78 is 0.996. The number of fused-ring (bicyclic) bond motifs is 1. The van der Waals surface area contributed by atoms with Crippen molar-refractivity contribution >= 4 is 32.8 Å². The summed E-state index contributed by atoms with van der Waals surface area (Å²) in [6, 6.07) is 7.60. The second-order valence-corrected chi connectivity index (χ2v) is 4.58. The zero-order valence-electron chi connectivity index (χ0n) is 8.70. The second-order valence-electron chi connectivity index (χ2n) is 3.66. The van der Waals surface area contributed by atoms with Crippen LogP contribution in [-0.4, -0.2) is 16.1 Å². The van der Waals surface area contributed by atoms with E-state index in [9.17, 15) is 4.79 Å². The fraction of sp³-hybridized carbons (Fsp3) is 0.167. The fourth-order valence-corrected chi connectivity index (χ4v) is 2.04. The van der Waals surface area contributed by atoms with Gasteiger partial charge in [-0.25, -0.2) is 0 Å². The number of aromatic nitrogens is 1. The molecule has 0 aliphatic rings. The van der Waals surface area contributed by atoms with Gasteiger partial charge in [0.25, 0.3) is 0 Å². The number of hydrogen-bond donors (Lipinski definition) is 1. The Bertz CT molecular complexity index is 566. The minimum atomic E-state index is -0.858. The van der Waals surface area contributed by atoms with E-state index >= 15 is 0 Å². The molecular formula is C12H10BrNO2. The Morgan fingerprint density at radius 2 is 2.19 bits per heavy atom. The van der Waals surface area contributed by atoms with Gasteiger partial charge in [0.15, 0.2) is 0 Å². The van der Waals surface area contributed by atoms with E-state index in [4.69, 9.17) is 5.11 Å². The molecule has 0 amide bonds. The molecule has 1 heterocycles. The Morgan fingerprint density at radius 1 is 1.44 bits per heavy atom. The third-order valence-corrected chi connectivity index (χ3v) is 2.86. The third-order valence-electron chi connectivity index (χ3n) is 2.36. The van der Waals surface area contributed by atoms with E-state index in [1.807, 2.05) is 31.2 Å². The number of pyridine rings is 1. The molecule has 0 saturated heterocycles. The number of carboxylic acids is 1. The van der Waals surface area contributed by atoms with Gasteiger partial charge in [0.1, 0.15) is 0 Å². The number of aryl methyl sites for hydroxylation is 1. The number of aliphatic carboxylic acids is 1. The van der Waals surface area contributed by atoms with Crippen molar-refractivity contribution in [2.24, 2.45) is 0 Å². The number of nitrogens with zero attached hydrogens (tertiary/aromatic N) is 1. The molecule has 1 aromatic heterocycles. The lowest BCUT2D eigenvalue weighted by molar-refractivity contribution is -0.136. The topological polar surface area (TPSA) is 50.2 Å². The largest absolute Gasteiger partial charge is 0.481 e. The molecule has 0 fully saturated rings. The molecule has 0 radical (unpaired) electrons. The van der Waals surface area contributed by atoms with E-state index in [0.29, 0.717) is 5.69 Å². The molecule has 0 aliphatic carbocycles. The van der Waals surface area contributed by atoms with Gasteiger partial charge >= 0.3 is 5.97 Å². The summed E-state index contributed by atoms with van der Waals surface area (Å²) in [7, 11) is 0. The Hall–Kier alpha value is -1.42. The van der Waals surface area contributed by atoms with Crippen molar-refractivity contribution in [2.75, 3.05) is 0 Å². The number of halogens is 1. The molecule has 0 unspecified atom stereocenters. The van der Waals surface area contributed by atoms with E-state index in [-0.39, 0.29) is 6.42 Å². The highest BCUT2D eigenvalue weighted by atomic mass is 79.9. The Labute approximate surface area is 101 Å². The second kappa shape index (κ2) is 4.22. The molecule has 3 nitrogen and oxygen atoms in total. The van der Waals surface area contributed by atoms with Crippen molar-refractivity contribution in [1.82, 2.24) is 4.98 Å². The smallest absolute Gasteiger partial charge is 0.309 e. The minimum Gasteiger partial charge on any atom is -0.481 e.